The third kappa shape index (κ3) is 3.69. The van der Waals surface area contributed by atoms with Gasteiger partial charge in [0, 0.05) is 31.5 Å². The molecule has 2 aliphatic rings. The zero-order valence-corrected chi connectivity index (χ0v) is 16.0. The number of hydrogen-bond acceptors (Lipinski definition) is 6. The number of aromatic nitrogens is 2. The topological polar surface area (TPSA) is 60.6 Å². The van der Waals surface area contributed by atoms with Crippen LogP contribution in [0.15, 0.2) is 59.0 Å². The first-order chi connectivity index (χ1) is 14.2. The van der Waals surface area contributed by atoms with Crippen LogP contribution in [0.2, 0.25) is 0 Å². The van der Waals surface area contributed by atoms with Crippen LogP contribution in [-0.4, -0.2) is 47.2 Å². The Labute approximate surface area is 168 Å². The van der Waals surface area contributed by atoms with Gasteiger partial charge in [-0.2, -0.15) is 0 Å². The molecule has 0 saturated carbocycles. The SMILES string of the molecule is Fc1ccc([C@H](c2nnc(-c3ccccc3)o2)N2CCC3(CC2)OCCO3)cc1. The van der Waals surface area contributed by atoms with Crippen LogP contribution in [0, 0.1) is 5.82 Å². The molecule has 0 unspecified atom stereocenters. The second-order valence-electron chi connectivity index (χ2n) is 7.41. The van der Waals surface area contributed by atoms with Gasteiger partial charge in [-0.1, -0.05) is 30.3 Å². The Hall–Kier alpha value is -2.61. The maximum atomic E-state index is 13.5. The molecular weight excluding hydrogens is 373 g/mol. The number of likely N-dealkylation sites (tertiary alicyclic amines) is 1. The van der Waals surface area contributed by atoms with Crippen molar-refractivity contribution in [3.8, 4) is 11.5 Å². The Morgan fingerprint density at radius 2 is 1.59 bits per heavy atom. The minimum atomic E-state index is -0.464. The zero-order valence-electron chi connectivity index (χ0n) is 16.0. The average Bonchev–Trinajstić information content (AvgIpc) is 3.42. The summed E-state index contributed by atoms with van der Waals surface area (Å²) in [5.41, 5.74) is 1.79. The second-order valence-corrected chi connectivity index (χ2v) is 7.41. The number of halogens is 1. The first-order valence-electron chi connectivity index (χ1n) is 9.89. The molecule has 1 atom stereocenters. The Morgan fingerprint density at radius 1 is 0.897 bits per heavy atom. The third-order valence-corrected chi connectivity index (χ3v) is 5.62. The molecule has 6 nitrogen and oxygen atoms in total. The fourth-order valence-corrected chi connectivity index (χ4v) is 4.11. The number of nitrogens with zero attached hydrogens (tertiary/aromatic N) is 3. The van der Waals surface area contributed by atoms with Crippen LogP contribution in [-0.2, 0) is 9.47 Å². The minimum Gasteiger partial charge on any atom is -0.419 e. The van der Waals surface area contributed by atoms with Gasteiger partial charge < -0.3 is 13.9 Å². The molecule has 2 fully saturated rings. The van der Waals surface area contributed by atoms with E-state index in [2.05, 4.69) is 15.1 Å². The summed E-state index contributed by atoms with van der Waals surface area (Å²) in [5.74, 6) is 0.241. The lowest BCUT2D eigenvalue weighted by Crippen LogP contribution is -2.46. The molecule has 150 valence electrons. The number of rotatable bonds is 4. The van der Waals surface area contributed by atoms with E-state index in [1.54, 1.807) is 12.1 Å². The van der Waals surface area contributed by atoms with E-state index in [1.165, 1.54) is 12.1 Å². The van der Waals surface area contributed by atoms with Gasteiger partial charge in [-0.3, -0.25) is 4.90 Å². The number of piperidine rings is 1. The Morgan fingerprint density at radius 3 is 2.28 bits per heavy atom. The minimum absolute atomic E-state index is 0.251. The van der Waals surface area contributed by atoms with Gasteiger partial charge in [-0.15, -0.1) is 10.2 Å². The van der Waals surface area contributed by atoms with Crippen molar-refractivity contribution in [2.45, 2.75) is 24.7 Å². The molecule has 1 spiro atoms. The number of hydrogen-bond donors (Lipinski definition) is 0. The molecule has 2 saturated heterocycles. The monoisotopic (exact) mass is 395 g/mol. The first-order valence-corrected chi connectivity index (χ1v) is 9.89. The van der Waals surface area contributed by atoms with E-state index < -0.39 is 5.79 Å². The van der Waals surface area contributed by atoms with E-state index in [1.807, 2.05) is 30.3 Å². The standard InChI is InChI=1S/C22H22FN3O3/c23-18-8-6-16(7-9-18)19(26-12-10-22(11-13-26)27-14-15-28-22)21-25-24-20(29-21)17-4-2-1-3-5-17/h1-9,19H,10-15H2/t19-/m1/s1. The van der Waals surface area contributed by atoms with Gasteiger partial charge in [0.15, 0.2) is 5.79 Å². The summed E-state index contributed by atoms with van der Waals surface area (Å²) in [7, 11) is 0. The summed E-state index contributed by atoms with van der Waals surface area (Å²) >= 11 is 0. The van der Waals surface area contributed by atoms with Gasteiger partial charge in [0.25, 0.3) is 0 Å². The predicted octanol–water partition coefficient (Wildman–Crippen LogP) is 3.80. The smallest absolute Gasteiger partial charge is 0.247 e. The van der Waals surface area contributed by atoms with Crippen LogP contribution in [0.3, 0.4) is 0 Å². The highest BCUT2D eigenvalue weighted by Crippen LogP contribution is 2.37. The van der Waals surface area contributed by atoms with Crippen molar-refractivity contribution in [2.75, 3.05) is 26.3 Å². The normalized spacial score (nSPS) is 20.2. The molecule has 2 aliphatic heterocycles. The molecular formula is C22H22FN3O3. The predicted molar refractivity (Wildman–Crippen MR) is 103 cm³/mol. The van der Waals surface area contributed by atoms with Crippen LogP contribution in [0.25, 0.3) is 11.5 Å². The van der Waals surface area contributed by atoms with Gasteiger partial charge >= 0.3 is 0 Å². The Balaban J connectivity index is 1.45. The highest BCUT2D eigenvalue weighted by Gasteiger charge is 2.42. The molecule has 0 aliphatic carbocycles. The first kappa shape index (κ1) is 18.4. The molecule has 2 aromatic carbocycles. The molecule has 5 rings (SSSR count). The van der Waals surface area contributed by atoms with Crippen LogP contribution in [0.1, 0.15) is 30.3 Å². The largest absolute Gasteiger partial charge is 0.419 e. The second kappa shape index (κ2) is 7.67. The summed E-state index contributed by atoms with van der Waals surface area (Å²) in [5, 5.41) is 8.59. The lowest BCUT2D eigenvalue weighted by atomic mass is 9.98. The van der Waals surface area contributed by atoms with Gasteiger partial charge in [0.1, 0.15) is 11.9 Å². The van der Waals surface area contributed by atoms with Crippen molar-refractivity contribution < 1.29 is 18.3 Å². The highest BCUT2D eigenvalue weighted by atomic mass is 19.1. The summed E-state index contributed by atoms with van der Waals surface area (Å²) in [4.78, 5) is 2.27. The van der Waals surface area contributed by atoms with E-state index in [4.69, 9.17) is 13.9 Å². The lowest BCUT2D eigenvalue weighted by Gasteiger charge is -2.40. The molecule has 3 heterocycles. The molecule has 7 heteroatoms. The quantitative estimate of drug-likeness (QED) is 0.670. The maximum absolute atomic E-state index is 13.5. The van der Waals surface area contributed by atoms with E-state index in [-0.39, 0.29) is 11.9 Å². The van der Waals surface area contributed by atoms with E-state index in [0.717, 1.165) is 37.1 Å². The highest BCUT2D eigenvalue weighted by molar-refractivity contribution is 5.51. The van der Waals surface area contributed by atoms with Gasteiger partial charge in [-0.25, -0.2) is 4.39 Å². The van der Waals surface area contributed by atoms with Gasteiger partial charge in [0.05, 0.1) is 13.2 Å². The summed E-state index contributed by atoms with van der Waals surface area (Å²) < 4.78 is 31.3. The van der Waals surface area contributed by atoms with Crippen molar-refractivity contribution in [1.29, 1.82) is 0 Å². The fourth-order valence-electron chi connectivity index (χ4n) is 4.11. The molecule has 0 N–H and O–H groups in total. The van der Waals surface area contributed by atoms with Crippen molar-refractivity contribution in [2.24, 2.45) is 0 Å². The number of benzene rings is 2. The summed E-state index contributed by atoms with van der Waals surface area (Å²) in [6.45, 7) is 2.80. The van der Waals surface area contributed by atoms with Crippen LogP contribution in [0.5, 0.6) is 0 Å². The summed E-state index contributed by atoms with van der Waals surface area (Å²) in [6, 6.07) is 15.9. The van der Waals surface area contributed by atoms with Crippen molar-refractivity contribution in [1.82, 2.24) is 15.1 Å². The van der Waals surface area contributed by atoms with Crippen LogP contribution < -0.4 is 0 Å². The Kier molecular flexibility index (Phi) is 4.87. The molecule has 0 bridgehead atoms. The maximum Gasteiger partial charge on any atom is 0.247 e. The average molecular weight is 395 g/mol. The van der Waals surface area contributed by atoms with Crippen molar-refractivity contribution in [3.63, 3.8) is 0 Å². The molecule has 1 aromatic heterocycles. The fraction of sp³-hybridized carbons (Fsp3) is 0.364. The Bertz CT molecular complexity index is 945. The molecule has 29 heavy (non-hydrogen) atoms. The zero-order chi connectivity index (χ0) is 19.7. The van der Waals surface area contributed by atoms with Crippen LogP contribution >= 0.6 is 0 Å². The summed E-state index contributed by atoms with van der Waals surface area (Å²) in [6.07, 6.45) is 1.54. The molecule has 0 radical (unpaired) electrons. The third-order valence-electron chi connectivity index (χ3n) is 5.62. The number of ether oxygens (including phenoxy) is 2. The van der Waals surface area contributed by atoms with E-state index >= 15 is 0 Å². The molecule has 3 aromatic rings. The van der Waals surface area contributed by atoms with E-state index in [0.29, 0.717) is 25.0 Å². The van der Waals surface area contributed by atoms with Gasteiger partial charge in [-0.05, 0) is 29.8 Å². The van der Waals surface area contributed by atoms with Gasteiger partial charge in [0.2, 0.25) is 11.8 Å². The van der Waals surface area contributed by atoms with E-state index in [9.17, 15) is 4.39 Å². The molecule has 0 amide bonds. The van der Waals surface area contributed by atoms with Crippen molar-refractivity contribution >= 4 is 0 Å². The van der Waals surface area contributed by atoms with Crippen LogP contribution in [0.4, 0.5) is 4.39 Å². The van der Waals surface area contributed by atoms with Crippen molar-refractivity contribution in [3.05, 3.63) is 71.9 Å². The lowest BCUT2D eigenvalue weighted by molar-refractivity contribution is -0.187.